The zero-order chi connectivity index (χ0) is 15.8. The number of nitrogens with zero attached hydrogens (tertiary/aromatic N) is 1. The summed E-state index contributed by atoms with van der Waals surface area (Å²) >= 11 is 0. The van der Waals surface area contributed by atoms with Gasteiger partial charge in [0.2, 0.25) is 5.91 Å². The maximum absolute atomic E-state index is 12.4. The Bertz CT molecular complexity index is 476. The van der Waals surface area contributed by atoms with Gasteiger partial charge in [0.25, 0.3) is 0 Å². The molecule has 2 atom stereocenters. The first-order valence-electron chi connectivity index (χ1n) is 7.10. The molecule has 21 heavy (non-hydrogen) atoms. The standard InChI is InChI=1S/C17H23NO3/c1-5-8-13(4)16(19)18-15(12-21-17(18)20)11-14(9-6-2)10-7-3/h5-7,9-10,13,15H,1-2,8,11-12H2,3-4H3/b10-7-,14-9+. The Morgan fingerprint density at radius 3 is 2.81 bits per heavy atom. The second-order valence-electron chi connectivity index (χ2n) is 5.05. The molecular weight excluding hydrogens is 266 g/mol. The fourth-order valence-corrected chi connectivity index (χ4v) is 2.30. The summed E-state index contributed by atoms with van der Waals surface area (Å²) in [6, 6.07) is -0.264. The summed E-state index contributed by atoms with van der Waals surface area (Å²) in [6.45, 7) is 11.3. The van der Waals surface area contributed by atoms with E-state index in [4.69, 9.17) is 4.74 Å². The van der Waals surface area contributed by atoms with Crippen molar-refractivity contribution in [1.29, 1.82) is 0 Å². The summed E-state index contributed by atoms with van der Waals surface area (Å²) in [7, 11) is 0. The minimum absolute atomic E-state index is 0.208. The molecule has 2 amide bonds. The number of carbonyl (C=O) groups excluding carboxylic acids is 2. The molecule has 0 aromatic heterocycles. The Morgan fingerprint density at radius 1 is 1.52 bits per heavy atom. The molecule has 1 rings (SSSR count). The normalized spacial score (nSPS) is 20.5. The van der Waals surface area contributed by atoms with Gasteiger partial charge in [0, 0.05) is 5.92 Å². The molecule has 1 aliphatic heterocycles. The molecule has 0 aromatic rings. The molecule has 0 spiro atoms. The Kier molecular flexibility index (Phi) is 6.66. The molecule has 1 fully saturated rings. The third kappa shape index (κ3) is 4.45. The SMILES string of the molecule is C=C/C=C(\C=C/C)CC1COC(=O)N1C(=O)C(C)CC=C. The van der Waals surface area contributed by atoms with Gasteiger partial charge in [0.05, 0.1) is 6.04 Å². The van der Waals surface area contributed by atoms with Crippen LogP contribution in [-0.2, 0) is 9.53 Å². The van der Waals surface area contributed by atoms with Crippen molar-refractivity contribution in [3.63, 3.8) is 0 Å². The van der Waals surface area contributed by atoms with E-state index in [0.29, 0.717) is 12.8 Å². The monoisotopic (exact) mass is 289 g/mol. The first kappa shape index (κ1) is 17.0. The quantitative estimate of drug-likeness (QED) is 0.531. The molecule has 0 bridgehead atoms. The maximum Gasteiger partial charge on any atom is 0.416 e. The summed E-state index contributed by atoms with van der Waals surface area (Å²) in [6.07, 6.45) is 9.66. The number of carbonyl (C=O) groups is 2. The van der Waals surface area contributed by atoms with Crippen molar-refractivity contribution in [2.24, 2.45) is 5.92 Å². The van der Waals surface area contributed by atoms with E-state index in [9.17, 15) is 9.59 Å². The molecule has 4 heteroatoms. The number of hydrogen-bond acceptors (Lipinski definition) is 3. The maximum atomic E-state index is 12.4. The van der Waals surface area contributed by atoms with Gasteiger partial charge in [-0.05, 0) is 25.3 Å². The van der Waals surface area contributed by atoms with Gasteiger partial charge in [-0.25, -0.2) is 9.69 Å². The van der Waals surface area contributed by atoms with Crippen molar-refractivity contribution in [3.8, 4) is 0 Å². The van der Waals surface area contributed by atoms with Crippen LogP contribution in [0.1, 0.15) is 26.7 Å². The van der Waals surface area contributed by atoms with Gasteiger partial charge >= 0.3 is 6.09 Å². The third-order valence-corrected chi connectivity index (χ3v) is 3.32. The van der Waals surface area contributed by atoms with Gasteiger partial charge in [0.15, 0.2) is 0 Å². The largest absolute Gasteiger partial charge is 0.447 e. The molecule has 4 nitrogen and oxygen atoms in total. The highest BCUT2D eigenvalue weighted by molar-refractivity contribution is 5.94. The molecule has 0 N–H and O–H groups in total. The fourth-order valence-electron chi connectivity index (χ4n) is 2.30. The lowest BCUT2D eigenvalue weighted by Gasteiger charge is -2.22. The van der Waals surface area contributed by atoms with Gasteiger partial charge < -0.3 is 4.74 Å². The number of allylic oxidation sites excluding steroid dienone is 5. The Labute approximate surface area is 126 Å². The van der Waals surface area contributed by atoms with E-state index in [2.05, 4.69) is 13.2 Å². The van der Waals surface area contributed by atoms with Crippen LogP contribution >= 0.6 is 0 Å². The number of ether oxygens (including phenoxy) is 1. The first-order valence-corrected chi connectivity index (χ1v) is 7.10. The van der Waals surface area contributed by atoms with Gasteiger partial charge in [0.1, 0.15) is 6.61 Å². The molecule has 2 unspecified atom stereocenters. The van der Waals surface area contributed by atoms with Crippen LogP contribution in [0.3, 0.4) is 0 Å². The van der Waals surface area contributed by atoms with Crippen molar-refractivity contribution in [3.05, 3.63) is 49.1 Å². The third-order valence-electron chi connectivity index (χ3n) is 3.32. The smallest absolute Gasteiger partial charge is 0.416 e. The molecule has 0 aromatic carbocycles. The second kappa shape index (κ2) is 8.25. The second-order valence-corrected chi connectivity index (χ2v) is 5.05. The Morgan fingerprint density at radius 2 is 2.24 bits per heavy atom. The lowest BCUT2D eigenvalue weighted by molar-refractivity contribution is -0.132. The van der Waals surface area contributed by atoms with Gasteiger partial charge in [-0.15, -0.1) is 6.58 Å². The summed E-state index contributed by atoms with van der Waals surface area (Å²) < 4.78 is 5.05. The zero-order valence-corrected chi connectivity index (χ0v) is 12.7. The highest BCUT2D eigenvalue weighted by atomic mass is 16.6. The highest BCUT2D eigenvalue weighted by Crippen LogP contribution is 2.23. The molecule has 0 saturated carbocycles. The molecule has 1 saturated heterocycles. The fraction of sp³-hybridized carbons (Fsp3) is 0.412. The first-order chi connectivity index (χ1) is 10.0. The van der Waals surface area contributed by atoms with E-state index >= 15 is 0 Å². The van der Waals surface area contributed by atoms with Crippen LogP contribution < -0.4 is 0 Å². The molecule has 0 radical (unpaired) electrons. The predicted molar refractivity (Wildman–Crippen MR) is 83.7 cm³/mol. The predicted octanol–water partition coefficient (Wildman–Crippen LogP) is 3.62. The summed E-state index contributed by atoms with van der Waals surface area (Å²) in [5.74, 6) is -0.481. The van der Waals surface area contributed by atoms with Crippen molar-refractivity contribution in [2.75, 3.05) is 6.61 Å². The minimum atomic E-state index is -0.556. The lowest BCUT2D eigenvalue weighted by atomic mass is 10.0. The van der Waals surface area contributed by atoms with Crippen LogP contribution in [0.5, 0.6) is 0 Å². The molecule has 1 aliphatic rings. The van der Waals surface area contributed by atoms with Crippen LogP contribution in [-0.4, -0.2) is 29.5 Å². The minimum Gasteiger partial charge on any atom is -0.447 e. The van der Waals surface area contributed by atoms with E-state index < -0.39 is 6.09 Å². The van der Waals surface area contributed by atoms with E-state index in [1.54, 1.807) is 19.1 Å². The van der Waals surface area contributed by atoms with Crippen molar-refractivity contribution < 1.29 is 14.3 Å². The topological polar surface area (TPSA) is 46.6 Å². The number of amides is 2. The summed E-state index contributed by atoms with van der Waals surface area (Å²) in [4.78, 5) is 25.4. The molecule has 114 valence electrons. The van der Waals surface area contributed by atoms with E-state index in [1.165, 1.54) is 4.90 Å². The molecule has 0 aliphatic carbocycles. The average Bonchev–Trinajstić information content (AvgIpc) is 2.80. The molecular formula is C17H23NO3. The van der Waals surface area contributed by atoms with E-state index in [-0.39, 0.29) is 24.5 Å². The van der Waals surface area contributed by atoms with Gasteiger partial charge in [-0.2, -0.15) is 0 Å². The number of hydrogen-bond donors (Lipinski definition) is 0. The highest BCUT2D eigenvalue weighted by Gasteiger charge is 2.39. The zero-order valence-electron chi connectivity index (χ0n) is 12.7. The molecule has 1 heterocycles. The van der Waals surface area contributed by atoms with Crippen molar-refractivity contribution >= 4 is 12.0 Å². The van der Waals surface area contributed by atoms with Gasteiger partial charge in [-0.1, -0.05) is 43.9 Å². The Hall–Kier alpha value is -2.10. The van der Waals surface area contributed by atoms with E-state index in [0.717, 1.165) is 5.57 Å². The lowest BCUT2D eigenvalue weighted by Crippen LogP contribution is -2.42. The van der Waals surface area contributed by atoms with Crippen LogP contribution in [0.4, 0.5) is 4.79 Å². The van der Waals surface area contributed by atoms with Crippen LogP contribution in [0.25, 0.3) is 0 Å². The Balaban J connectivity index is 2.88. The number of cyclic esters (lactones) is 1. The van der Waals surface area contributed by atoms with Crippen LogP contribution in [0, 0.1) is 5.92 Å². The van der Waals surface area contributed by atoms with Crippen LogP contribution in [0.2, 0.25) is 0 Å². The van der Waals surface area contributed by atoms with E-state index in [1.807, 2.05) is 25.2 Å². The van der Waals surface area contributed by atoms with Crippen molar-refractivity contribution in [1.82, 2.24) is 4.90 Å². The van der Waals surface area contributed by atoms with Gasteiger partial charge in [-0.3, -0.25) is 4.79 Å². The summed E-state index contributed by atoms with van der Waals surface area (Å²) in [5.41, 5.74) is 1.00. The number of imide groups is 1. The van der Waals surface area contributed by atoms with Crippen molar-refractivity contribution in [2.45, 2.75) is 32.7 Å². The summed E-state index contributed by atoms with van der Waals surface area (Å²) in [5, 5.41) is 0. The van der Waals surface area contributed by atoms with Crippen LogP contribution in [0.15, 0.2) is 49.1 Å². The average molecular weight is 289 g/mol. The number of rotatable bonds is 7.